The highest BCUT2D eigenvalue weighted by molar-refractivity contribution is 6.07. The van der Waals surface area contributed by atoms with Gasteiger partial charge in [-0.15, -0.1) is 0 Å². The number of rotatable bonds is 5. The average Bonchev–Trinajstić information content (AvgIpc) is 2.93. The van der Waals surface area contributed by atoms with Gasteiger partial charge in [-0.25, -0.2) is 14.4 Å². The van der Waals surface area contributed by atoms with Crippen molar-refractivity contribution < 1.29 is 27.1 Å². The minimum Gasteiger partial charge on any atom is -0.367 e. The summed E-state index contributed by atoms with van der Waals surface area (Å²) in [5, 5.41) is 2.55. The Morgan fingerprint density at radius 1 is 1.04 bits per heavy atom. The van der Waals surface area contributed by atoms with Crippen molar-refractivity contribution in [1.82, 2.24) is 19.9 Å². The van der Waals surface area contributed by atoms with Crippen LogP contribution in [0.1, 0.15) is 50.5 Å². The summed E-state index contributed by atoms with van der Waals surface area (Å²) < 4.78 is 63.2. The van der Waals surface area contributed by atoms with Crippen molar-refractivity contribution in [1.29, 1.82) is 0 Å². The Labute approximate surface area is 258 Å². The fraction of sp³-hybridized carbons (Fsp3) is 0.484. The third kappa shape index (κ3) is 7.12. The first-order chi connectivity index (χ1) is 20.9. The van der Waals surface area contributed by atoms with Gasteiger partial charge in [-0.3, -0.25) is 9.59 Å². The van der Waals surface area contributed by atoms with Gasteiger partial charge in [0.1, 0.15) is 5.82 Å². The Morgan fingerprint density at radius 2 is 1.69 bits per heavy atom. The van der Waals surface area contributed by atoms with E-state index in [2.05, 4.69) is 25.2 Å². The number of pyridine rings is 1. The van der Waals surface area contributed by atoms with Gasteiger partial charge in [0.05, 0.1) is 33.7 Å². The second kappa shape index (κ2) is 11.7. The van der Waals surface area contributed by atoms with Crippen molar-refractivity contribution in [2.75, 3.05) is 54.9 Å². The zero-order valence-corrected chi connectivity index (χ0v) is 26.0. The molecule has 2 fully saturated rings. The molecule has 0 saturated carbocycles. The van der Waals surface area contributed by atoms with E-state index in [1.807, 2.05) is 51.5 Å². The first-order valence-electron chi connectivity index (χ1n) is 14.6. The Hall–Kier alpha value is -4.04. The van der Waals surface area contributed by atoms with Crippen LogP contribution in [0.4, 0.5) is 34.9 Å². The van der Waals surface area contributed by atoms with Crippen LogP contribution in [0.5, 0.6) is 0 Å². The number of hydrogen-bond acceptors (Lipinski definition) is 8. The Balaban J connectivity index is 1.52. The van der Waals surface area contributed by atoms with E-state index in [1.54, 1.807) is 0 Å². The van der Waals surface area contributed by atoms with Crippen LogP contribution >= 0.6 is 0 Å². The van der Waals surface area contributed by atoms with Crippen LogP contribution in [-0.4, -0.2) is 82.8 Å². The summed E-state index contributed by atoms with van der Waals surface area (Å²) in [5.74, 6) is -1.28. The van der Waals surface area contributed by atoms with E-state index in [0.29, 0.717) is 56.0 Å². The van der Waals surface area contributed by atoms with Crippen molar-refractivity contribution in [2.45, 2.75) is 58.0 Å². The number of benzene rings is 1. The van der Waals surface area contributed by atoms with Crippen LogP contribution in [0.2, 0.25) is 0 Å². The van der Waals surface area contributed by atoms with Crippen LogP contribution in [0.3, 0.4) is 0 Å². The average molecular weight is 632 g/mol. The molecule has 2 aliphatic heterocycles. The van der Waals surface area contributed by atoms with Crippen molar-refractivity contribution >= 4 is 23.2 Å². The Bertz CT molecular complexity index is 1620. The highest BCUT2D eigenvalue weighted by Gasteiger charge is 2.39. The predicted molar refractivity (Wildman–Crippen MR) is 163 cm³/mol. The second-order valence-corrected chi connectivity index (χ2v) is 13.0. The Kier molecular flexibility index (Phi) is 8.42. The third-order valence-electron chi connectivity index (χ3n) is 8.04. The van der Waals surface area contributed by atoms with Gasteiger partial charge >= 0.3 is 6.18 Å². The Morgan fingerprint density at radius 3 is 2.29 bits per heavy atom. The molecule has 14 heteroatoms. The number of H-pyrrole nitrogens is 1. The van der Waals surface area contributed by atoms with Crippen molar-refractivity contribution in [2.24, 2.45) is 0 Å². The quantitative estimate of drug-likeness (QED) is 0.388. The third-order valence-corrected chi connectivity index (χ3v) is 8.04. The number of morpholine rings is 1. The summed E-state index contributed by atoms with van der Waals surface area (Å²) in [4.78, 5) is 42.1. The molecule has 5 rings (SSSR count). The maximum atomic E-state index is 15.8. The van der Waals surface area contributed by atoms with Crippen LogP contribution < -0.4 is 20.7 Å². The van der Waals surface area contributed by atoms with Gasteiger partial charge in [0.2, 0.25) is 11.5 Å². The monoisotopic (exact) mass is 631 g/mol. The number of ether oxygens (including phenoxy) is 1. The maximum Gasteiger partial charge on any atom is 0.417 e. The number of aromatic nitrogens is 3. The molecule has 0 spiro atoms. The molecule has 2 N–H and O–H groups in total. The summed E-state index contributed by atoms with van der Waals surface area (Å²) in [6.45, 7) is 12.7. The lowest BCUT2D eigenvalue weighted by Crippen LogP contribution is -2.57. The molecule has 3 aromatic rings. The van der Waals surface area contributed by atoms with Gasteiger partial charge in [-0.1, -0.05) is 0 Å². The lowest BCUT2D eigenvalue weighted by molar-refractivity contribution is -0.138. The number of carbonyl (C=O) groups is 1. The van der Waals surface area contributed by atoms with Gasteiger partial charge in [0, 0.05) is 74.5 Å². The highest BCUT2D eigenvalue weighted by Crippen LogP contribution is 2.37. The van der Waals surface area contributed by atoms with Crippen LogP contribution in [0, 0.1) is 5.82 Å². The van der Waals surface area contributed by atoms with E-state index in [0.717, 1.165) is 6.20 Å². The zero-order chi connectivity index (χ0) is 32.9. The lowest BCUT2D eigenvalue weighted by atomic mass is 9.99. The molecule has 2 aromatic heterocycles. The van der Waals surface area contributed by atoms with Crippen LogP contribution in [-0.2, 0) is 10.9 Å². The molecular weight excluding hydrogens is 594 g/mol. The van der Waals surface area contributed by atoms with Gasteiger partial charge in [-0.2, -0.15) is 13.2 Å². The van der Waals surface area contributed by atoms with Gasteiger partial charge < -0.3 is 29.7 Å². The van der Waals surface area contributed by atoms with E-state index in [9.17, 15) is 22.8 Å². The van der Waals surface area contributed by atoms with Crippen LogP contribution in [0.15, 0.2) is 41.6 Å². The molecule has 45 heavy (non-hydrogen) atoms. The number of carbonyl (C=O) groups excluding carboxylic acids is 1. The summed E-state index contributed by atoms with van der Waals surface area (Å²) in [6.07, 6.45) is -1.27. The van der Waals surface area contributed by atoms with Crippen molar-refractivity contribution in [3.05, 3.63) is 64.1 Å². The van der Waals surface area contributed by atoms with Crippen molar-refractivity contribution in [3.63, 3.8) is 0 Å². The molecule has 0 aliphatic carbocycles. The molecule has 2 aliphatic rings. The number of halogens is 4. The van der Waals surface area contributed by atoms with E-state index in [1.165, 1.54) is 24.5 Å². The first kappa shape index (κ1) is 32.4. The number of alkyl halides is 3. The summed E-state index contributed by atoms with van der Waals surface area (Å²) in [7, 11) is 1.96. The van der Waals surface area contributed by atoms with E-state index < -0.39 is 45.8 Å². The molecule has 0 radical (unpaired) electrons. The van der Waals surface area contributed by atoms with Gasteiger partial charge in [0.15, 0.2) is 0 Å². The minimum atomic E-state index is -4.95. The molecule has 0 bridgehead atoms. The van der Waals surface area contributed by atoms with Gasteiger partial charge in [-0.05, 0) is 53.8 Å². The largest absolute Gasteiger partial charge is 0.417 e. The standard InChI is InChI=1S/C31H37F4N7O3/c1-18-15-41(8-7-40(18)6)25-11-23(32)20(9-24(25)39-27(44)21-14-36-26(43)10-22(21)31(33,34)35)19-12-37-28(38-13-19)42-16-29(2,3)45-30(4,5)17-42/h9-14,18H,7-8,15-17H2,1-6H3,(H,36,43)(H,39,44). The molecule has 4 heterocycles. The van der Waals surface area contributed by atoms with E-state index >= 15 is 4.39 Å². The van der Waals surface area contributed by atoms with E-state index in [4.69, 9.17) is 4.74 Å². The van der Waals surface area contributed by atoms with Gasteiger partial charge in [0.25, 0.3) is 5.91 Å². The smallest absolute Gasteiger partial charge is 0.367 e. The number of aromatic amines is 1. The van der Waals surface area contributed by atoms with E-state index in [-0.39, 0.29) is 17.3 Å². The number of anilines is 3. The number of nitrogens with zero attached hydrogens (tertiary/aromatic N) is 5. The van der Waals surface area contributed by atoms with Crippen molar-refractivity contribution in [3.8, 4) is 11.1 Å². The molecular formula is C31H37F4N7O3. The molecule has 1 aromatic carbocycles. The fourth-order valence-electron chi connectivity index (χ4n) is 6.05. The van der Waals surface area contributed by atoms with Crippen LogP contribution in [0.25, 0.3) is 11.1 Å². The molecule has 1 unspecified atom stereocenters. The first-order valence-corrected chi connectivity index (χ1v) is 14.6. The molecule has 2 saturated heterocycles. The fourth-order valence-corrected chi connectivity index (χ4v) is 6.05. The summed E-state index contributed by atoms with van der Waals surface area (Å²) >= 11 is 0. The number of piperazine rings is 1. The summed E-state index contributed by atoms with van der Waals surface area (Å²) in [5.41, 5.74) is -3.24. The molecule has 1 amide bonds. The minimum absolute atomic E-state index is 0.0583. The molecule has 1 atom stereocenters. The number of likely N-dealkylation sites (N-methyl/N-ethyl adjacent to an activating group) is 1. The topological polar surface area (TPSA) is 107 Å². The number of amides is 1. The second-order valence-electron chi connectivity index (χ2n) is 13.0. The number of hydrogen-bond donors (Lipinski definition) is 2. The lowest BCUT2D eigenvalue weighted by Gasteiger charge is -2.47. The maximum absolute atomic E-state index is 15.8. The zero-order valence-electron chi connectivity index (χ0n) is 26.0. The normalized spacial score (nSPS) is 20.3. The molecule has 10 nitrogen and oxygen atoms in total. The SMILES string of the molecule is CC1CN(c2cc(F)c(-c3cnc(N4CC(C)(C)OC(C)(C)C4)nc3)cc2NC(=O)c2c[nH]c(=O)cc2C(F)(F)F)CCN1C. The predicted octanol–water partition coefficient (Wildman–Crippen LogP) is 4.78. The number of nitrogens with one attached hydrogen (secondary N) is 2. The molecule has 242 valence electrons. The highest BCUT2D eigenvalue weighted by atomic mass is 19.4. The summed E-state index contributed by atoms with van der Waals surface area (Å²) in [6, 6.07) is 3.08.